The lowest BCUT2D eigenvalue weighted by molar-refractivity contribution is -0.130. The first-order valence-corrected chi connectivity index (χ1v) is 5.31. The zero-order valence-electron chi connectivity index (χ0n) is 9.13. The summed E-state index contributed by atoms with van der Waals surface area (Å²) in [5.41, 5.74) is 4.26. The van der Waals surface area contributed by atoms with Gasteiger partial charge in [0.05, 0.1) is 11.1 Å². The van der Waals surface area contributed by atoms with Crippen molar-refractivity contribution >= 4 is 11.6 Å². The minimum Gasteiger partial charge on any atom is -0.270 e. The van der Waals surface area contributed by atoms with Gasteiger partial charge in [0.15, 0.2) is 0 Å². The summed E-state index contributed by atoms with van der Waals surface area (Å²) in [6, 6.07) is 0. The van der Waals surface area contributed by atoms with Gasteiger partial charge in [-0.25, -0.2) is 0 Å². The van der Waals surface area contributed by atoms with Crippen LogP contribution in [-0.2, 0) is 4.79 Å². The minimum atomic E-state index is -0.427. The number of carbonyl (C=O) groups excluding carboxylic acids is 1. The summed E-state index contributed by atoms with van der Waals surface area (Å²) in [5.74, 6) is -0.0422. The Balaban J connectivity index is 2.39. The summed E-state index contributed by atoms with van der Waals surface area (Å²) in [7, 11) is 0. The highest BCUT2D eigenvalue weighted by Crippen LogP contribution is 2.53. The van der Waals surface area contributed by atoms with Gasteiger partial charge in [-0.1, -0.05) is 19.8 Å². The van der Waals surface area contributed by atoms with Crippen LogP contribution < -0.4 is 5.43 Å². The molecule has 3 heteroatoms. The van der Waals surface area contributed by atoms with Crippen molar-refractivity contribution in [1.29, 1.82) is 0 Å². The molecule has 1 fully saturated rings. The third-order valence-electron chi connectivity index (χ3n) is 4.36. The molecule has 3 nitrogen and oxygen atoms in total. The molecule has 0 spiro atoms. The van der Waals surface area contributed by atoms with Gasteiger partial charge in [0.25, 0.3) is 5.91 Å². The van der Waals surface area contributed by atoms with Gasteiger partial charge in [0.2, 0.25) is 0 Å². The fraction of sp³-hybridized carbons (Fsp3) is 0.818. The molecule has 1 atom stereocenters. The highest BCUT2D eigenvalue weighted by Gasteiger charge is 2.56. The quantitative estimate of drug-likeness (QED) is 0.628. The number of nitrogens with zero attached hydrogens (tertiary/aromatic N) is 2. The van der Waals surface area contributed by atoms with E-state index in [-0.39, 0.29) is 11.3 Å². The Hall–Kier alpha value is -0.860. The molecule has 1 radical (unpaired) electrons. The summed E-state index contributed by atoms with van der Waals surface area (Å²) in [4.78, 5) is 11.8. The van der Waals surface area contributed by atoms with Crippen molar-refractivity contribution in [2.75, 3.05) is 0 Å². The van der Waals surface area contributed by atoms with E-state index in [1.807, 2.05) is 13.8 Å². The van der Waals surface area contributed by atoms with E-state index in [4.69, 9.17) is 0 Å². The van der Waals surface area contributed by atoms with E-state index in [0.29, 0.717) is 0 Å². The monoisotopic (exact) mass is 193 g/mol. The number of amides is 1. The Morgan fingerprint density at radius 1 is 1.21 bits per heavy atom. The Morgan fingerprint density at radius 2 is 1.79 bits per heavy atom. The average molecular weight is 193 g/mol. The Labute approximate surface area is 85.0 Å². The molecule has 1 saturated carbocycles. The van der Waals surface area contributed by atoms with Crippen LogP contribution in [0, 0.1) is 10.8 Å². The van der Waals surface area contributed by atoms with Crippen molar-refractivity contribution in [2.24, 2.45) is 15.9 Å². The highest BCUT2D eigenvalue weighted by molar-refractivity contribution is 6.11. The molecule has 1 amide bonds. The largest absolute Gasteiger partial charge is 0.276 e. The molecule has 14 heavy (non-hydrogen) atoms. The number of hydrogen-bond donors (Lipinski definition) is 0. The zero-order chi connectivity index (χ0) is 10.4. The van der Waals surface area contributed by atoms with Crippen LogP contribution in [0.2, 0.25) is 0 Å². The van der Waals surface area contributed by atoms with E-state index in [1.54, 1.807) is 0 Å². The molecule has 2 aliphatic rings. The number of rotatable bonds is 1. The van der Waals surface area contributed by atoms with E-state index < -0.39 is 5.41 Å². The summed E-state index contributed by atoms with van der Waals surface area (Å²) < 4.78 is 0. The third kappa shape index (κ3) is 0.983. The Bertz CT molecular complexity index is 302. The number of carbonyl (C=O) groups is 1. The maximum Gasteiger partial charge on any atom is 0.276 e. The van der Waals surface area contributed by atoms with E-state index in [9.17, 15) is 4.79 Å². The van der Waals surface area contributed by atoms with Gasteiger partial charge in [-0.05, 0) is 32.1 Å². The van der Waals surface area contributed by atoms with Crippen LogP contribution in [0.1, 0.15) is 46.5 Å². The number of hydrogen-bond acceptors (Lipinski definition) is 2. The summed E-state index contributed by atoms with van der Waals surface area (Å²) in [6.45, 7) is 6.14. The Kier molecular flexibility index (Phi) is 1.95. The molecule has 0 aromatic rings. The normalized spacial score (nSPS) is 35.6. The van der Waals surface area contributed by atoms with Gasteiger partial charge < -0.3 is 0 Å². The summed E-state index contributed by atoms with van der Waals surface area (Å²) in [5, 5.41) is 3.95. The SMILES string of the molecule is CC1=N[N]C(=O)C1(C)C1(C)CCCC1. The first-order chi connectivity index (χ1) is 6.51. The first-order valence-electron chi connectivity index (χ1n) is 5.31. The second kappa shape index (κ2) is 2.81. The van der Waals surface area contributed by atoms with E-state index >= 15 is 0 Å². The predicted octanol–water partition coefficient (Wildman–Crippen LogP) is 2.09. The molecule has 1 heterocycles. The van der Waals surface area contributed by atoms with Crippen molar-refractivity contribution in [3.05, 3.63) is 0 Å². The molecular formula is C11H17N2O. The van der Waals surface area contributed by atoms with Crippen LogP contribution in [-0.4, -0.2) is 11.6 Å². The van der Waals surface area contributed by atoms with E-state index in [1.165, 1.54) is 12.8 Å². The molecule has 1 aliphatic carbocycles. The predicted molar refractivity (Wildman–Crippen MR) is 54.9 cm³/mol. The molecule has 0 N–H and O–H groups in total. The third-order valence-corrected chi connectivity index (χ3v) is 4.36. The van der Waals surface area contributed by atoms with Crippen LogP contribution in [0.15, 0.2) is 5.10 Å². The maximum atomic E-state index is 11.8. The highest BCUT2D eigenvalue weighted by atomic mass is 16.2. The molecule has 0 aromatic heterocycles. The molecule has 77 valence electrons. The minimum absolute atomic E-state index is 0.0422. The van der Waals surface area contributed by atoms with Gasteiger partial charge in [0, 0.05) is 0 Å². The van der Waals surface area contributed by atoms with Crippen LogP contribution in [0.4, 0.5) is 0 Å². The molecular weight excluding hydrogens is 176 g/mol. The smallest absolute Gasteiger partial charge is 0.270 e. The fourth-order valence-corrected chi connectivity index (χ4v) is 2.83. The lowest BCUT2D eigenvalue weighted by Crippen LogP contribution is -2.46. The molecule has 0 bridgehead atoms. The topological polar surface area (TPSA) is 43.5 Å². The van der Waals surface area contributed by atoms with Gasteiger partial charge in [-0.2, -0.15) is 5.10 Å². The lowest BCUT2D eigenvalue weighted by atomic mass is 9.62. The van der Waals surface area contributed by atoms with Crippen LogP contribution >= 0.6 is 0 Å². The van der Waals surface area contributed by atoms with E-state index in [2.05, 4.69) is 17.5 Å². The summed E-state index contributed by atoms with van der Waals surface area (Å²) >= 11 is 0. The van der Waals surface area contributed by atoms with E-state index in [0.717, 1.165) is 18.6 Å². The van der Waals surface area contributed by atoms with Gasteiger partial charge >= 0.3 is 0 Å². The van der Waals surface area contributed by atoms with Crippen LogP contribution in [0.25, 0.3) is 0 Å². The molecule has 0 aromatic carbocycles. The van der Waals surface area contributed by atoms with Gasteiger partial charge in [0.1, 0.15) is 0 Å². The molecule has 0 saturated heterocycles. The standard InChI is InChI=1S/C11H17N2O/c1-8-11(3,9(14)13-12-8)10(2)6-4-5-7-10/h4-7H2,1-3H3. The van der Waals surface area contributed by atoms with Crippen molar-refractivity contribution in [1.82, 2.24) is 5.43 Å². The second-order valence-electron chi connectivity index (χ2n) is 4.98. The lowest BCUT2D eigenvalue weighted by Gasteiger charge is -2.38. The molecule has 1 aliphatic heterocycles. The van der Waals surface area contributed by atoms with Crippen molar-refractivity contribution in [2.45, 2.75) is 46.5 Å². The van der Waals surface area contributed by atoms with Crippen LogP contribution in [0.3, 0.4) is 0 Å². The average Bonchev–Trinajstić information content (AvgIpc) is 2.68. The summed E-state index contributed by atoms with van der Waals surface area (Å²) in [6.07, 6.45) is 4.70. The fourth-order valence-electron chi connectivity index (χ4n) is 2.83. The Morgan fingerprint density at radius 3 is 2.21 bits per heavy atom. The van der Waals surface area contributed by atoms with Gasteiger partial charge in [-0.3, -0.25) is 4.79 Å². The zero-order valence-corrected chi connectivity index (χ0v) is 9.13. The molecule has 1 unspecified atom stereocenters. The van der Waals surface area contributed by atoms with Crippen molar-refractivity contribution in [3.63, 3.8) is 0 Å². The van der Waals surface area contributed by atoms with Crippen LogP contribution in [0.5, 0.6) is 0 Å². The maximum absolute atomic E-state index is 11.8. The second-order valence-corrected chi connectivity index (χ2v) is 4.98. The van der Waals surface area contributed by atoms with Crippen molar-refractivity contribution in [3.8, 4) is 0 Å². The molecule has 2 rings (SSSR count). The first kappa shape index (κ1) is 9.69. The van der Waals surface area contributed by atoms with Gasteiger partial charge in [-0.15, -0.1) is 5.43 Å². The van der Waals surface area contributed by atoms with Crippen molar-refractivity contribution < 1.29 is 4.79 Å².